The third kappa shape index (κ3) is 4.03. The molecule has 1 saturated heterocycles. The standard InChI is InChI=1S/C46H55NO4/c1-41(2)33-15-14-32(35(41)24-33)27-47-28-45(51-40(47)50)21-18-38-43(45,4)20-17-37-42(3)19-16-34(48)25-44(42)22-23-46(37,38)36(26-44)39(49)31-12-10-30(11-13-31)29-8-6-5-7-9-29/h5-13,22-23,26,32-35,37-38,48H,14-21,24-25,27-28H2,1-4H3/t32-,33-,34-,35-,37+,38+,42+,43-,44-,45+,46+/m0/s1. The smallest absolute Gasteiger partial charge is 0.410 e. The zero-order valence-corrected chi connectivity index (χ0v) is 31.0. The maximum absolute atomic E-state index is 15.1. The molecule has 9 aliphatic carbocycles. The van der Waals surface area contributed by atoms with Gasteiger partial charge < -0.3 is 14.7 Å². The van der Waals surface area contributed by atoms with Crippen LogP contribution in [0.2, 0.25) is 0 Å². The Balaban J connectivity index is 1.02. The molecule has 7 fully saturated rings. The van der Waals surface area contributed by atoms with Gasteiger partial charge in [-0.2, -0.15) is 0 Å². The predicted molar refractivity (Wildman–Crippen MR) is 199 cm³/mol. The molecule has 11 atom stereocenters. The number of nitrogens with zero attached hydrogens (tertiary/aromatic N) is 1. The minimum Gasteiger partial charge on any atom is -0.440 e. The van der Waals surface area contributed by atoms with Gasteiger partial charge in [0.2, 0.25) is 0 Å². The normalized spacial score (nSPS) is 45.4. The maximum Gasteiger partial charge on any atom is 0.410 e. The summed E-state index contributed by atoms with van der Waals surface area (Å²) in [5, 5.41) is 11.1. The first-order valence-corrected chi connectivity index (χ1v) is 20.2. The third-order valence-corrected chi connectivity index (χ3v) is 17.6. The van der Waals surface area contributed by atoms with E-state index in [1.165, 1.54) is 19.3 Å². The minimum atomic E-state index is -0.532. The zero-order valence-electron chi connectivity index (χ0n) is 31.0. The zero-order chi connectivity index (χ0) is 35.2. The van der Waals surface area contributed by atoms with E-state index in [-0.39, 0.29) is 40.1 Å². The first-order valence-electron chi connectivity index (χ1n) is 20.2. The predicted octanol–water partition coefficient (Wildman–Crippen LogP) is 9.66. The number of fused-ring (bicyclic) bond motifs is 4. The van der Waals surface area contributed by atoms with E-state index >= 15 is 4.79 Å². The average Bonchev–Trinajstić information content (AvgIpc) is 3.61. The van der Waals surface area contributed by atoms with Crippen molar-refractivity contribution in [3.05, 3.63) is 84.0 Å². The summed E-state index contributed by atoms with van der Waals surface area (Å²) in [7, 11) is 0. The van der Waals surface area contributed by atoms with Gasteiger partial charge in [0, 0.05) is 33.9 Å². The lowest BCUT2D eigenvalue weighted by molar-refractivity contribution is -0.164. The van der Waals surface area contributed by atoms with E-state index in [1.807, 2.05) is 30.3 Å². The van der Waals surface area contributed by atoms with Crippen molar-refractivity contribution in [3.63, 3.8) is 0 Å². The van der Waals surface area contributed by atoms with E-state index in [9.17, 15) is 9.90 Å². The van der Waals surface area contributed by atoms with Crippen LogP contribution < -0.4 is 0 Å². The number of hydrogen-bond donors (Lipinski definition) is 1. The number of rotatable bonds is 5. The Morgan fingerprint density at radius 2 is 1.55 bits per heavy atom. The van der Waals surface area contributed by atoms with Crippen molar-refractivity contribution in [1.29, 1.82) is 0 Å². The second-order valence-corrected chi connectivity index (χ2v) is 19.5. The van der Waals surface area contributed by atoms with Gasteiger partial charge in [0.1, 0.15) is 5.60 Å². The van der Waals surface area contributed by atoms with Crippen molar-refractivity contribution >= 4 is 11.9 Å². The van der Waals surface area contributed by atoms with Crippen molar-refractivity contribution in [3.8, 4) is 11.1 Å². The molecule has 6 saturated carbocycles. The van der Waals surface area contributed by atoms with Gasteiger partial charge in [-0.1, -0.05) is 101 Å². The molecular weight excluding hydrogens is 631 g/mol. The Kier molecular flexibility index (Phi) is 6.68. The molecule has 2 aromatic rings. The molecule has 0 unspecified atom stereocenters. The van der Waals surface area contributed by atoms with Crippen molar-refractivity contribution < 1.29 is 19.4 Å². The SMILES string of the molecule is CC1(C)[C@H]2CC[C@@H](CN3C[C@@]4(CC[C@H]5[C@]67C=C[C@@]8(C=C6C(=O)c6ccc(-c9ccccc9)cc6)C[C@@H](O)CC[C@]8(C)[C@H]7CC[C@@]54C)OC3=O)[C@@H]1C2. The molecule has 2 aromatic carbocycles. The highest BCUT2D eigenvalue weighted by molar-refractivity contribution is 6.10. The number of amides is 1. The van der Waals surface area contributed by atoms with Crippen molar-refractivity contribution in [2.75, 3.05) is 13.1 Å². The fourth-order valence-electron chi connectivity index (χ4n) is 14.6. The number of aliphatic hydroxyl groups is 1. The summed E-state index contributed by atoms with van der Waals surface area (Å²) in [5.41, 5.74) is 2.73. The minimum absolute atomic E-state index is 0.0359. The highest BCUT2D eigenvalue weighted by Crippen LogP contribution is 2.79. The summed E-state index contributed by atoms with van der Waals surface area (Å²) in [6, 6.07) is 18.5. The Morgan fingerprint density at radius 3 is 2.29 bits per heavy atom. The van der Waals surface area contributed by atoms with Gasteiger partial charge in [-0.25, -0.2) is 4.79 Å². The molecule has 5 heteroatoms. The average molecular weight is 686 g/mol. The number of ketones is 1. The number of carbonyl (C=O) groups is 2. The largest absolute Gasteiger partial charge is 0.440 e. The molecule has 1 aliphatic heterocycles. The second kappa shape index (κ2) is 10.5. The number of carbonyl (C=O) groups excluding carboxylic acids is 2. The van der Waals surface area contributed by atoms with Crippen LogP contribution in [0.4, 0.5) is 4.79 Å². The number of ether oxygens (including phenoxy) is 1. The number of benzene rings is 2. The quantitative estimate of drug-likeness (QED) is 0.252. The molecule has 5 nitrogen and oxygen atoms in total. The second-order valence-electron chi connectivity index (χ2n) is 19.5. The monoisotopic (exact) mass is 685 g/mol. The van der Waals surface area contributed by atoms with Gasteiger partial charge in [-0.15, -0.1) is 0 Å². The van der Waals surface area contributed by atoms with E-state index in [4.69, 9.17) is 4.74 Å². The lowest BCUT2D eigenvalue weighted by Gasteiger charge is -2.71. The summed E-state index contributed by atoms with van der Waals surface area (Å²) in [6.45, 7) is 11.3. The summed E-state index contributed by atoms with van der Waals surface area (Å²) in [5.74, 6) is 2.72. The van der Waals surface area contributed by atoms with Gasteiger partial charge in [-0.3, -0.25) is 4.79 Å². The molecule has 3 spiro atoms. The van der Waals surface area contributed by atoms with Crippen LogP contribution in [0.5, 0.6) is 0 Å². The Morgan fingerprint density at radius 1 is 0.843 bits per heavy atom. The van der Waals surface area contributed by atoms with Crippen LogP contribution in [0.15, 0.2) is 78.4 Å². The van der Waals surface area contributed by atoms with Crippen molar-refractivity contribution in [2.24, 2.45) is 56.7 Å². The summed E-state index contributed by atoms with van der Waals surface area (Å²) in [6.07, 6.45) is 16.8. The fourth-order valence-corrected chi connectivity index (χ4v) is 14.6. The molecule has 51 heavy (non-hydrogen) atoms. The number of allylic oxidation sites excluding steroid dienone is 4. The Hall–Kier alpha value is -3.18. The van der Waals surface area contributed by atoms with E-state index in [0.717, 1.165) is 73.3 Å². The molecule has 4 bridgehead atoms. The van der Waals surface area contributed by atoms with Gasteiger partial charge >= 0.3 is 6.09 Å². The molecule has 268 valence electrons. The number of Topliss-reactive ketones (excluding diaryl/α,β-unsaturated/α-hetero) is 1. The van der Waals surface area contributed by atoms with Gasteiger partial charge in [0.05, 0.1) is 12.6 Å². The first kappa shape index (κ1) is 32.5. The lowest BCUT2D eigenvalue weighted by atomic mass is 9.32. The first-order chi connectivity index (χ1) is 24.4. The summed E-state index contributed by atoms with van der Waals surface area (Å²) in [4.78, 5) is 31.1. The van der Waals surface area contributed by atoms with Crippen LogP contribution in [-0.2, 0) is 4.74 Å². The Bertz CT molecular complexity index is 1860. The maximum atomic E-state index is 15.1. The van der Waals surface area contributed by atoms with Crippen LogP contribution >= 0.6 is 0 Å². The van der Waals surface area contributed by atoms with Crippen molar-refractivity contribution in [1.82, 2.24) is 4.90 Å². The molecule has 1 N–H and O–H groups in total. The summed E-state index contributed by atoms with van der Waals surface area (Å²) < 4.78 is 6.72. The molecule has 12 rings (SSSR count). The molecule has 0 radical (unpaired) electrons. The number of hydrogen-bond acceptors (Lipinski definition) is 4. The van der Waals surface area contributed by atoms with E-state index in [2.05, 4.69) is 75.1 Å². The highest BCUT2D eigenvalue weighted by atomic mass is 16.6. The molecule has 0 aromatic heterocycles. The van der Waals surface area contributed by atoms with Crippen LogP contribution in [0.1, 0.15) is 102 Å². The van der Waals surface area contributed by atoms with E-state index in [0.29, 0.717) is 36.1 Å². The van der Waals surface area contributed by atoms with Gasteiger partial charge in [0.25, 0.3) is 0 Å². The third-order valence-electron chi connectivity index (χ3n) is 17.6. The van der Waals surface area contributed by atoms with Crippen LogP contribution in [0.25, 0.3) is 11.1 Å². The molecular formula is C46H55NO4. The van der Waals surface area contributed by atoms with Gasteiger partial charge in [0.15, 0.2) is 5.78 Å². The van der Waals surface area contributed by atoms with Crippen LogP contribution in [0, 0.1) is 56.7 Å². The molecule has 1 amide bonds. The molecule has 1 heterocycles. The number of aliphatic hydroxyl groups excluding tert-OH is 1. The highest BCUT2D eigenvalue weighted by Gasteiger charge is 2.76. The summed E-state index contributed by atoms with van der Waals surface area (Å²) >= 11 is 0. The van der Waals surface area contributed by atoms with Crippen molar-refractivity contribution in [2.45, 2.75) is 104 Å². The van der Waals surface area contributed by atoms with E-state index in [1.54, 1.807) is 0 Å². The fraction of sp³-hybridized carbons (Fsp3) is 0.609. The van der Waals surface area contributed by atoms with Gasteiger partial charge in [-0.05, 0) is 116 Å². The molecule has 10 aliphatic rings. The lowest BCUT2D eigenvalue weighted by Crippen LogP contribution is -2.67. The Labute approximate surface area is 303 Å². The van der Waals surface area contributed by atoms with Crippen LogP contribution in [-0.4, -0.2) is 46.7 Å². The van der Waals surface area contributed by atoms with E-state index < -0.39 is 11.0 Å². The topological polar surface area (TPSA) is 66.8 Å². The van der Waals surface area contributed by atoms with Crippen LogP contribution in [0.3, 0.4) is 0 Å².